The molecule has 1 atom stereocenters. The maximum Gasteiger partial charge on any atom is 0.179 e. The van der Waals surface area contributed by atoms with Gasteiger partial charge in [-0.3, -0.25) is 0 Å². The standard InChI is InChI=1S/C14H17Cl2N3/c1-14(2)6-4-3-5-8(14)12-17-10-7-9(15)11(16)18-13(10)19-12/h7-8H,3-6H2,1-2H3,(H,17,18,19). The number of H-pyrrole nitrogens is 1. The minimum atomic E-state index is 0.277. The van der Waals surface area contributed by atoms with Crippen LogP contribution < -0.4 is 0 Å². The predicted octanol–water partition coefficient (Wildman–Crippen LogP) is 4.95. The molecule has 1 aliphatic carbocycles. The zero-order chi connectivity index (χ0) is 13.6. The first kappa shape index (κ1) is 13.2. The van der Waals surface area contributed by atoms with E-state index in [0.29, 0.717) is 21.7 Å². The molecule has 102 valence electrons. The van der Waals surface area contributed by atoms with E-state index in [0.717, 1.165) is 11.3 Å². The van der Waals surface area contributed by atoms with Gasteiger partial charge in [0.25, 0.3) is 0 Å². The lowest BCUT2D eigenvalue weighted by Crippen LogP contribution is -2.26. The fourth-order valence-corrected chi connectivity index (χ4v) is 3.37. The van der Waals surface area contributed by atoms with Gasteiger partial charge in [-0.1, -0.05) is 49.9 Å². The number of nitrogens with zero attached hydrogens (tertiary/aromatic N) is 2. The highest BCUT2D eigenvalue weighted by Crippen LogP contribution is 2.46. The number of halogens is 2. The van der Waals surface area contributed by atoms with E-state index in [-0.39, 0.29) is 5.41 Å². The van der Waals surface area contributed by atoms with E-state index in [9.17, 15) is 0 Å². The monoisotopic (exact) mass is 297 g/mol. The summed E-state index contributed by atoms with van der Waals surface area (Å²) in [5, 5.41) is 0.780. The number of aromatic amines is 1. The fourth-order valence-electron chi connectivity index (χ4n) is 3.08. The van der Waals surface area contributed by atoms with Crippen molar-refractivity contribution in [2.45, 2.75) is 45.4 Å². The van der Waals surface area contributed by atoms with E-state index in [4.69, 9.17) is 23.2 Å². The van der Waals surface area contributed by atoms with Crippen LogP contribution in [-0.4, -0.2) is 15.0 Å². The lowest BCUT2D eigenvalue weighted by molar-refractivity contribution is 0.193. The second-order valence-electron chi connectivity index (χ2n) is 6.04. The minimum Gasteiger partial charge on any atom is -0.340 e. The van der Waals surface area contributed by atoms with E-state index >= 15 is 0 Å². The SMILES string of the molecule is CC1(C)CCCCC1c1nc2nc(Cl)c(Cl)cc2[nH]1. The van der Waals surface area contributed by atoms with Crippen molar-refractivity contribution in [1.82, 2.24) is 15.0 Å². The Labute approximate surface area is 122 Å². The first-order valence-corrected chi connectivity index (χ1v) is 7.44. The number of hydrogen-bond acceptors (Lipinski definition) is 2. The molecule has 2 heterocycles. The number of fused-ring (bicyclic) bond motifs is 1. The van der Waals surface area contributed by atoms with Crippen molar-refractivity contribution in [3.05, 3.63) is 22.1 Å². The zero-order valence-corrected chi connectivity index (χ0v) is 12.6. The molecule has 0 bridgehead atoms. The van der Waals surface area contributed by atoms with E-state index in [2.05, 4.69) is 28.8 Å². The molecule has 1 saturated carbocycles. The number of imidazole rings is 1. The largest absolute Gasteiger partial charge is 0.340 e. The molecule has 2 aromatic heterocycles. The molecule has 0 amide bonds. The Hall–Kier alpha value is -0.800. The van der Waals surface area contributed by atoms with Gasteiger partial charge in [0.1, 0.15) is 11.0 Å². The van der Waals surface area contributed by atoms with Gasteiger partial charge in [0.05, 0.1) is 10.5 Å². The molecule has 19 heavy (non-hydrogen) atoms. The molecule has 0 saturated heterocycles. The molecular formula is C14H17Cl2N3. The molecule has 0 aliphatic heterocycles. The first-order valence-electron chi connectivity index (χ1n) is 6.69. The third kappa shape index (κ3) is 2.34. The van der Waals surface area contributed by atoms with Crippen molar-refractivity contribution in [2.75, 3.05) is 0 Å². The lowest BCUT2D eigenvalue weighted by atomic mass is 9.68. The predicted molar refractivity (Wildman–Crippen MR) is 78.9 cm³/mol. The van der Waals surface area contributed by atoms with Crippen LogP contribution in [0.5, 0.6) is 0 Å². The Kier molecular flexibility index (Phi) is 3.22. The van der Waals surface area contributed by atoms with Crippen LogP contribution in [0.3, 0.4) is 0 Å². The second-order valence-corrected chi connectivity index (χ2v) is 6.81. The molecular weight excluding hydrogens is 281 g/mol. The quantitative estimate of drug-likeness (QED) is 0.757. The summed E-state index contributed by atoms with van der Waals surface area (Å²) in [7, 11) is 0. The van der Waals surface area contributed by atoms with Crippen LogP contribution in [0.15, 0.2) is 6.07 Å². The van der Waals surface area contributed by atoms with Crippen molar-refractivity contribution < 1.29 is 0 Å². The maximum absolute atomic E-state index is 6.00. The van der Waals surface area contributed by atoms with Gasteiger partial charge in [0, 0.05) is 5.92 Å². The van der Waals surface area contributed by atoms with Crippen LogP contribution in [-0.2, 0) is 0 Å². The van der Waals surface area contributed by atoms with Crippen LogP contribution in [0, 0.1) is 5.41 Å². The smallest absolute Gasteiger partial charge is 0.179 e. The summed E-state index contributed by atoms with van der Waals surface area (Å²) < 4.78 is 0. The van der Waals surface area contributed by atoms with Crippen LogP contribution in [0.4, 0.5) is 0 Å². The van der Waals surface area contributed by atoms with Crippen LogP contribution in [0.1, 0.15) is 51.3 Å². The van der Waals surface area contributed by atoms with Crippen molar-refractivity contribution in [3.8, 4) is 0 Å². The summed E-state index contributed by atoms with van der Waals surface area (Å²) in [5.74, 6) is 1.47. The topological polar surface area (TPSA) is 41.6 Å². The number of pyridine rings is 1. The molecule has 3 rings (SSSR count). The molecule has 2 aromatic rings. The van der Waals surface area contributed by atoms with Crippen LogP contribution in [0.2, 0.25) is 10.2 Å². The molecule has 1 fully saturated rings. The average Bonchev–Trinajstić information content (AvgIpc) is 2.71. The molecule has 0 spiro atoms. The summed E-state index contributed by atoms with van der Waals surface area (Å²) in [5.41, 5.74) is 1.80. The Morgan fingerprint density at radius 2 is 2.05 bits per heavy atom. The summed E-state index contributed by atoms with van der Waals surface area (Å²) >= 11 is 11.9. The van der Waals surface area contributed by atoms with Gasteiger partial charge in [-0.25, -0.2) is 9.97 Å². The molecule has 3 nitrogen and oxygen atoms in total. The Bertz CT molecular complexity index is 579. The van der Waals surface area contributed by atoms with Crippen molar-refractivity contribution in [1.29, 1.82) is 0 Å². The van der Waals surface area contributed by atoms with E-state index in [1.165, 1.54) is 25.7 Å². The number of hydrogen-bond donors (Lipinski definition) is 1. The summed E-state index contributed by atoms with van der Waals surface area (Å²) in [4.78, 5) is 12.2. The Morgan fingerprint density at radius 1 is 1.26 bits per heavy atom. The molecule has 5 heteroatoms. The van der Waals surface area contributed by atoms with Crippen molar-refractivity contribution in [2.24, 2.45) is 5.41 Å². The molecule has 1 unspecified atom stereocenters. The summed E-state index contributed by atoms with van der Waals surface area (Å²) in [6.07, 6.45) is 4.98. The Balaban J connectivity index is 2.05. The first-order chi connectivity index (χ1) is 8.97. The van der Waals surface area contributed by atoms with Gasteiger partial charge in [-0.15, -0.1) is 0 Å². The lowest BCUT2D eigenvalue weighted by Gasteiger charge is -2.37. The van der Waals surface area contributed by atoms with Gasteiger partial charge < -0.3 is 4.98 Å². The minimum absolute atomic E-state index is 0.277. The third-order valence-corrected chi connectivity index (χ3v) is 4.91. The highest BCUT2D eigenvalue weighted by atomic mass is 35.5. The molecule has 0 radical (unpaired) electrons. The highest BCUT2D eigenvalue weighted by Gasteiger charge is 2.35. The van der Waals surface area contributed by atoms with Gasteiger partial charge in [-0.05, 0) is 24.3 Å². The number of aromatic nitrogens is 3. The van der Waals surface area contributed by atoms with E-state index in [1.807, 2.05) is 0 Å². The number of rotatable bonds is 1. The zero-order valence-electron chi connectivity index (χ0n) is 11.1. The molecule has 0 aromatic carbocycles. The van der Waals surface area contributed by atoms with E-state index in [1.54, 1.807) is 6.07 Å². The Morgan fingerprint density at radius 3 is 2.79 bits per heavy atom. The summed E-state index contributed by atoms with van der Waals surface area (Å²) in [6, 6.07) is 1.80. The van der Waals surface area contributed by atoms with Gasteiger partial charge in [-0.2, -0.15) is 0 Å². The van der Waals surface area contributed by atoms with Crippen molar-refractivity contribution in [3.63, 3.8) is 0 Å². The normalized spacial score (nSPS) is 22.8. The van der Waals surface area contributed by atoms with E-state index < -0.39 is 0 Å². The highest BCUT2D eigenvalue weighted by molar-refractivity contribution is 6.41. The van der Waals surface area contributed by atoms with Crippen molar-refractivity contribution >= 4 is 34.4 Å². The summed E-state index contributed by atoms with van der Waals surface area (Å²) in [6.45, 7) is 4.63. The van der Waals surface area contributed by atoms with Gasteiger partial charge >= 0.3 is 0 Å². The number of nitrogens with one attached hydrogen (secondary N) is 1. The average molecular weight is 298 g/mol. The second kappa shape index (κ2) is 4.64. The fraction of sp³-hybridized carbons (Fsp3) is 0.571. The third-order valence-electron chi connectivity index (χ3n) is 4.24. The maximum atomic E-state index is 6.00. The van der Waals surface area contributed by atoms with Crippen LogP contribution in [0.25, 0.3) is 11.2 Å². The molecule has 1 N–H and O–H groups in total. The van der Waals surface area contributed by atoms with Gasteiger partial charge in [0.2, 0.25) is 0 Å². The molecule has 1 aliphatic rings. The van der Waals surface area contributed by atoms with Crippen LogP contribution >= 0.6 is 23.2 Å². The van der Waals surface area contributed by atoms with Gasteiger partial charge in [0.15, 0.2) is 5.65 Å².